The highest BCUT2D eigenvalue weighted by atomic mass is 32.2. The van der Waals surface area contributed by atoms with Crippen molar-refractivity contribution in [3.8, 4) is 0 Å². The van der Waals surface area contributed by atoms with E-state index >= 15 is 0 Å². The molecule has 1 amide bonds. The van der Waals surface area contributed by atoms with E-state index in [0.717, 1.165) is 11.7 Å². The number of anilines is 1. The van der Waals surface area contributed by atoms with Gasteiger partial charge in [-0.2, -0.15) is 39.8 Å². The second kappa shape index (κ2) is 10.3. The molecule has 4 aromatic rings. The first-order chi connectivity index (χ1) is 17.7. The van der Waals surface area contributed by atoms with Crippen LogP contribution < -0.4 is 10.0 Å². The molecule has 0 fully saturated rings. The number of halogens is 6. The van der Waals surface area contributed by atoms with Crippen molar-refractivity contribution in [3.05, 3.63) is 83.4 Å². The molecule has 0 aliphatic carbocycles. The number of alkyl halides is 6. The monoisotopic (exact) mass is 574 g/mol. The first kappa shape index (κ1) is 27.5. The van der Waals surface area contributed by atoms with Crippen molar-refractivity contribution in [2.45, 2.75) is 29.7 Å². The second-order valence-electron chi connectivity index (χ2n) is 8.04. The van der Waals surface area contributed by atoms with Crippen LogP contribution in [0.2, 0.25) is 0 Å². The Hall–Kier alpha value is -3.56. The van der Waals surface area contributed by atoms with Crippen LogP contribution >= 0.6 is 11.7 Å². The molecule has 4 rings (SSSR count). The Bertz CT molecular complexity index is 1540. The van der Waals surface area contributed by atoms with Gasteiger partial charge in [-0.1, -0.05) is 36.4 Å². The summed E-state index contributed by atoms with van der Waals surface area (Å²) in [4.78, 5) is 12.8. The SMILES string of the molecule is O=C(Nc1cc(C(F)(F)F)cc(C(F)(F)F)c1)[C@H](Cc1ccccc1)NS(=O)(=O)c1cccc2nsnc12. The lowest BCUT2D eigenvalue weighted by molar-refractivity contribution is -0.143. The van der Waals surface area contributed by atoms with E-state index in [1.165, 1.54) is 18.2 Å². The van der Waals surface area contributed by atoms with Crippen molar-refractivity contribution in [2.24, 2.45) is 0 Å². The third-order valence-corrected chi connectivity index (χ3v) is 7.34. The molecule has 2 N–H and O–H groups in total. The molecule has 3 aromatic carbocycles. The molecule has 15 heteroatoms. The lowest BCUT2D eigenvalue weighted by Gasteiger charge is -2.20. The average Bonchev–Trinajstić information content (AvgIpc) is 3.32. The summed E-state index contributed by atoms with van der Waals surface area (Å²) in [5, 5.41) is 2.00. The Morgan fingerprint density at radius 1 is 0.868 bits per heavy atom. The number of nitrogens with one attached hydrogen (secondary N) is 2. The minimum atomic E-state index is -5.13. The Morgan fingerprint density at radius 3 is 2.11 bits per heavy atom. The highest BCUT2D eigenvalue weighted by molar-refractivity contribution is 7.89. The van der Waals surface area contributed by atoms with E-state index in [4.69, 9.17) is 0 Å². The Balaban J connectivity index is 1.70. The van der Waals surface area contributed by atoms with Gasteiger partial charge in [-0.25, -0.2) is 8.42 Å². The van der Waals surface area contributed by atoms with Gasteiger partial charge in [0.25, 0.3) is 0 Å². The van der Waals surface area contributed by atoms with Crippen LogP contribution in [0.4, 0.5) is 32.0 Å². The van der Waals surface area contributed by atoms with Gasteiger partial charge in [0, 0.05) is 5.69 Å². The normalized spacial score (nSPS) is 13.4. The molecule has 0 spiro atoms. The molecular weight excluding hydrogens is 558 g/mol. The molecule has 0 radical (unpaired) electrons. The van der Waals surface area contributed by atoms with Gasteiger partial charge in [0.15, 0.2) is 0 Å². The predicted octanol–water partition coefficient (Wildman–Crippen LogP) is 5.26. The number of aromatic nitrogens is 2. The second-order valence-corrected chi connectivity index (χ2v) is 10.2. The number of carbonyl (C=O) groups is 1. The lowest BCUT2D eigenvalue weighted by Crippen LogP contribution is -2.45. The van der Waals surface area contributed by atoms with E-state index in [1.54, 1.807) is 30.3 Å². The summed E-state index contributed by atoms with van der Waals surface area (Å²) in [5.74, 6) is -1.17. The molecule has 1 heterocycles. The molecule has 0 saturated heterocycles. The number of rotatable bonds is 7. The number of amides is 1. The molecule has 200 valence electrons. The van der Waals surface area contributed by atoms with Gasteiger partial charge in [0.2, 0.25) is 15.9 Å². The summed E-state index contributed by atoms with van der Waals surface area (Å²) in [5.41, 5.74) is -3.28. The van der Waals surface area contributed by atoms with Crippen molar-refractivity contribution < 1.29 is 39.6 Å². The zero-order valence-corrected chi connectivity index (χ0v) is 20.5. The van der Waals surface area contributed by atoms with Crippen molar-refractivity contribution in [1.82, 2.24) is 13.5 Å². The maximum absolute atomic E-state index is 13.2. The van der Waals surface area contributed by atoms with E-state index in [-0.39, 0.29) is 28.4 Å². The number of hydrogen-bond acceptors (Lipinski definition) is 6. The number of fused-ring (bicyclic) bond motifs is 1. The number of hydrogen-bond donors (Lipinski definition) is 2. The van der Waals surface area contributed by atoms with Gasteiger partial charge in [0.05, 0.1) is 22.9 Å². The maximum Gasteiger partial charge on any atom is 0.416 e. The van der Waals surface area contributed by atoms with Crippen LogP contribution in [0.15, 0.2) is 71.6 Å². The largest absolute Gasteiger partial charge is 0.416 e. The molecule has 1 atom stereocenters. The fraction of sp³-hybridized carbons (Fsp3) is 0.174. The fourth-order valence-electron chi connectivity index (χ4n) is 3.54. The molecule has 1 aromatic heterocycles. The zero-order chi connectivity index (χ0) is 27.7. The quantitative estimate of drug-likeness (QED) is 0.294. The van der Waals surface area contributed by atoms with Gasteiger partial charge < -0.3 is 5.32 Å². The lowest BCUT2D eigenvalue weighted by atomic mass is 10.1. The summed E-state index contributed by atoms with van der Waals surface area (Å²) < 4.78 is 116. The van der Waals surface area contributed by atoms with Gasteiger partial charge in [0.1, 0.15) is 22.0 Å². The van der Waals surface area contributed by atoms with E-state index < -0.39 is 51.1 Å². The molecule has 0 saturated carbocycles. The fourth-order valence-corrected chi connectivity index (χ4v) is 5.50. The van der Waals surface area contributed by atoms with Crippen LogP contribution in [-0.4, -0.2) is 29.1 Å². The predicted molar refractivity (Wildman–Crippen MR) is 127 cm³/mol. The minimum Gasteiger partial charge on any atom is -0.325 e. The highest BCUT2D eigenvalue weighted by Crippen LogP contribution is 2.37. The molecule has 0 aliphatic rings. The first-order valence-electron chi connectivity index (χ1n) is 10.6. The third-order valence-electron chi connectivity index (χ3n) is 5.29. The molecular formula is C23H16F6N4O3S2. The summed E-state index contributed by atoms with van der Waals surface area (Å²) >= 11 is 0.764. The first-order valence-corrected chi connectivity index (χ1v) is 12.8. The van der Waals surface area contributed by atoms with Crippen LogP contribution in [0.5, 0.6) is 0 Å². The molecule has 0 bridgehead atoms. The Labute approximate surface area is 215 Å². The van der Waals surface area contributed by atoms with Gasteiger partial charge >= 0.3 is 12.4 Å². The van der Waals surface area contributed by atoms with E-state index in [0.29, 0.717) is 17.7 Å². The van der Waals surface area contributed by atoms with Crippen LogP contribution in [0.3, 0.4) is 0 Å². The third kappa shape index (κ3) is 6.28. The Kier molecular flexibility index (Phi) is 7.45. The average molecular weight is 575 g/mol. The maximum atomic E-state index is 13.2. The van der Waals surface area contributed by atoms with E-state index in [2.05, 4.69) is 13.5 Å². The van der Waals surface area contributed by atoms with Crippen molar-refractivity contribution in [1.29, 1.82) is 0 Å². The van der Waals surface area contributed by atoms with E-state index in [9.17, 15) is 39.6 Å². The van der Waals surface area contributed by atoms with Crippen molar-refractivity contribution in [2.75, 3.05) is 5.32 Å². The summed E-state index contributed by atoms with van der Waals surface area (Å²) in [6.07, 6.45) is -10.5. The van der Waals surface area contributed by atoms with Crippen LogP contribution in [0.25, 0.3) is 11.0 Å². The number of sulfonamides is 1. The number of benzene rings is 3. The topological polar surface area (TPSA) is 101 Å². The van der Waals surface area contributed by atoms with Crippen LogP contribution in [0.1, 0.15) is 16.7 Å². The van der Waals surface area contributed by atoms with Gasteiger partial charge in [-0.05, 0) is 42.3 Å². The smallest absolute Gasteiger partial charge is 0.325 e. The summed E-state index contributed by atoms with van der Waals surface area (Å²) in [6, 6.07) is 11.2. The van der Waals surface area contributed by atoms with E-state index in [1.807, 2.05) is 5.32 Å². The number of nitrogens with zero attached hydrogens (tertiary/aromatic N) is 2. The Morgan fingerprint density at radius 2 is 1.50 bits per heavy atom. The summed E-state index contributed by atoms with van der Waals surface area (Å²) in [6.45, 7) is 0. The molecule has 0 unspecified atom stereocenters. The van der Waals surface area contributed by atoms with Crippen LogP contribution in [0, 0.1) is 0 Å². The zero-order valence-electron chi connectivity index (χ0n) is 18.8. The van der Waals surface area contributed by atoms with Crippen LogP contribution in [-0.2, 0) is 33.6 Å². The van der Waals surface area contributed by atoms with Crippen molar-refractivity contribution in [3.63, 3.8) is 0 Å². The molecule has 0 aliphatic heterocycles. The minimum absolute atomic E-state index is 0.0385. The highest BCUT2D eigenvalue weighted by Gasteiger charge is 2.37. The van der Waals surface area contributed by atoms with Gasteiger partial charge in [-0.3, -0.25) is 4.79 Å². The summed E-state index contributed by atoms with van der Waals surface area (Å²) in [7, 11) is -4.44. The standard InChI is InChI=1S/C23H16F6N4O3S2/c24-22(25,26)14-10-15(23(27,28)29)12-16(11-14)30-21(34)18(9-13-5-2-1-3-6-13)33-38(35,36)19-8-4-7-17-20(19)32-37-31-17/h1-8,10-12,18,33H,9H2,(H,30,34)/t18-/m0/s1. The molecule has 38 heavy (non-hydrogen) atoms. The van der Waals surface area contributed by atoms with Crippen molar-refractivity contribution >= 4 is 44.4 Å². The molecule has 7 nitrogen and oxygen atoms in total. The van der Waals surface area contributed by atoms with Gasteiger partial charge in [-0.15, -0.1) is 0 Å². The number of carbonyl (C=O) groups excluding carboxylic acids is 1.